The summed E-state index contributed by atoms with van der Waals surface area (Å²) in [6.45, 7) is 25.1. The predicted molar refractivity (Wildman–Crippen MR) is 118 cm³/mol. The topological polar surface area (TPSA) is 37.0 Å². The van der Waals surface area contributed by atoms with Crippen molar-refractivity contribution >= 4 is 0 Å². The first-order valence-corrected chi connectivity index (χ1v) is 11.4. The first kappa shape index (κ1) is 24.1. The Hall–Kier alpha value is -0.200. The lowest BCUT2D eigenvalue weighted by molar-refractivity contribution is -0.123. The molecule has 5 nitrogen and oxygen atoms in total. The Kier molecular flexibility index (Phi) is 9.21. The van der Waals surface area contributed by atoms with Crippen LogP contribution in [-0.2, 0) is 9.47 Å². The smallest absolute Gasteiger partial charge is 0.0594 e. The van der Waals surface area contributed by atoms with Crippen LogP contribution < -0.4 is 5.32 Å². The van der Waals surface area contributed by atoms with Crippen molar-refractivity contribution in [1.29, 1.82) is 0 Å². The number of hydrogen-bond donors (Lipinski definition) is 1. The van der Waals surface area contributed by atoms with Crippen LogP contribution in [0.2, 0.25) is 0 Å². The second kappa shape index (κ2) is 10.7. The van der Waals surface area contributed by atoms with Crippen molar-refractivity contribution in [1.82, 2.24) is 15.1 Å². The second-order valence-corrected chi connectivity index (χ2v) is 11.3. The maximum Gasteiger partial charge on any atom is 0.0594 e. The molecule has 28 heavy (non-hydrogen) atoms. The summed E-state index contributed by atoms with van der Waals surface area (Å²) in [6.07, 6.45) is 3.77. The summed E-state index contributed by atoms with van der Waals surface area (Å²) >= 11 is 0. The molecule has 0 aromatic carbocycles. The van der Waals surface area contributed by atoms with E-state index in [9.17, 15) is 0 Å². The molecule has 0 radical (unpaired) electrons. The molecule has 2 fully saturated rings. The fourth-order valence-corrected chi connectivity index (χ4v) is 4.27. The van der Waals surface area contributed by atoms with Crippen molar-refractivity contribution in [2.45, 2.75) is 66.3 Å². The van der Waals surface area contributed by atoms with Crippen LogP contribution in [-0.4, -0.2) is 87.6 Å². The fraction of sp³-hybridized carbons (Fsp3) is 1.00. The van der Waals surface area contributed by atoms with Gasteiger partial charge in [-0.1, -0.05) is 27.2 Å². The molecule has 1 spiro atoms. The van der Waals surface area contributed by atoms with Gasteiger partial charge < -0.3 is 14.8 Å². The lowest BCUT2D eigenvalue weighted by atomic mass is 9.73. The van der Waals surface area contributed by atoms with Gasteiger partial charge in [-0.25, -0.2) is 0 Å². The van der Waals surface area contributed by atoms with Crippen LogP contribution in [0.25, 0.3) is 0 Å². The van der Waals surface area contributed by atoms with Gasteiger partial charge in [-0.05, 0) is 39.0 Å². The molecule has 0 aromatic heterocycles. The van der Waals surface area contributed by atoms with E-state index in [1.807, 2.05) is 0 Å². The molecule has 166 valence electrons. The third-order valence-electron chi connectivity index (χ3n) is 5.71. The maximum atomic E-state index is 5.83. The van der Waals surface area contributed by atoms with Crippen LogP contribution in [0.15, 0.2) is 0 Å². The average Bonchev–Trinajstić information content (AvgIpc) is 2.49. The van der Waals surface area contributed by atoms with Gasteiger partial charge in [-0.15, -0.1) is 0 Å². The van der Waals surface area contributed by atoms with E-state index in [2.05, 4.69) is 56.7 Å². The Balaban J connectivity index is 1.36. The van der Waals surface area contributed by atoms with Crippen LogP contribution in [0.5, 0.6) is 0 Å². The highest BCUT2D eigenvalue weighted by Crippen LogP contribution is 2.39. The van der Waals surface area contributed by atoms with Crippen LogP contribution in [0, 0.1) is 10.8 Å². The largest absolute Gasteiger partial charge is 0.380 e. The lowest BCUT2D eigenvalue weighted by Crippen LogP contribution is -2.72. The highest BCUT2D eigenvalue weighted by molar-refractivity contribution is 5.05. The predicted octanol–water partition coefficient (Wildman–Crippen LogP) is 3.24. The number of unbranched alkanes of at least 4 members (excludes halogenated alkanes) is 1. The molecule has 0 atom stereocenters. The zero-order valence-electron chi connectivity index (χ0n) is 19.6. The van der Waals surface area contributed by atoms with Gasteiger partial charge in [0.1, 0.15) is 0 Å². The van der Waals surface area contributed by atoms with E-state index in [1.54, 1.807) is 0 Å². The second-order valence-electron chi connectivity index (χ2n) is 11.3. The van der Waals surface area contributed by atoms with Crippen LogP contribution in [0.3, 0.4) is 0 Å². The molecule has 0 saturated carbocycles. The Labute approximate surface area is 174 Å². The number of nitrogens with one attached hydrogen (secondary N) is 1. The van der Waals surface area contributed by atoms with Crippen molar-refractivity contribution in [2.75, 3.05) is 72.2 Å². The minimum absolute atomic E-state index is 0.181. The Morgan fingerprint density at radius 1 is 0.750 bits per heavy atom. The lowest BCUT2D eigenvalue weighted by Gasteiger charge is -2.60. The molecule has 2 aliphatic rings. The summed E-state index contributed by atoms with van der Waals surface area (Å²) in [4.78, 5) is 5.10. The van der Waals surface area contributed by atoms with Gasteiger partial charge >= 0.3 is 0 Å². The molecule has 5 heteroatoms. The van der Waals surface area contributed by atoms with Crippen molar-refractivity contribution in [3.05, 3.63) is 0 Å². The third kappa shape index (κ3) is 9.53. The number of nitrogens with zero attached hydrogens (tertiary/aromatic N) is 2. The monoisotopic (exact) mass is 397 g/mol. The highest BCUT2D eigenvalue weighted by atomic mass is 16.5. The fourth-order valence-electron chi connectivity index (χ4n) is 4.27. The summed E-state index contributed by atoms with van der Waals surface area (Å²) in [5.74, 6) is 0. The molecule has 1 N–H and O–H groups in total. The van der Waals surface area contributed by atoms with Gasteiger partial charge in [0.2, 0.25) is 0 Å². The number of hydrogen-bond acceptors (Lipinski definition) is 5. The van der Waals surface area contributed by atoms with Crippen molar-refractivity contribution in [3.63, 3.8) is 0 Å². The Morgan fingerprint density at radius 3 is 1.79 bits per heavy atom. The molecule has 2 rings (SSSR count). The summed E-state index contributed by atoms with van der Waals surface area (Å²) in [7, 11) is 0. The van der Waals surface area contributed by atoms with E-state index in [0.717, 1.165) is 46.1 Å². The molecule has 0 aromatic rings. The van der Waals surface area contributed by atoms with Crippen molar-refractivity contribution < 1.29 is 9.47 Å². The van der Waals surface area contributed by atoms with E-state index in [0.29, 0.717) is 10.8 Å². The first-order valence-electron chi connectivity index (χ1n) is 11.4. The molecule has 2 aliphatic heterocycles. The number of rotatable bonds is 13. The normalized spacial score (nSPS) is 20.4. The van der Waals surface area contributed by atoms with Gasteiger partial charge in [0.25, 0.3) is 0 Å². The number of likely N-dealkylation sites (tertiary alicyclic amines) is 2. The van der Waals surface area contributed by atoms with E-state index < -0.39 is 0 Å². The highest BCUT2D eigenvalue weighted by Gasteiger charge is 2.50. The molecule has 2 saturated heterocycles. The zero-order chi connectivity index (χ0) is 20.7. The van der Waals surface area contributed by atoms with Gasteiger partial charge in [-0.3, -0.25) is 9.80 Å². The molecule has 2 heterocycles. The van der Waals surface area contributed by atoms with E-state index in [4.69, 9.17) is 9.47 Å². The molecular weight excluding hydrogens is 350 g/mol. The minimum atomic E-state index is 0.181. The third-order valence-corrected chi connectivity index (χ3v) is 5.71. The first-order chi connectivity index (χ1) is 13.1. The maximum absolute atomic E-state index is 5.83. The van der Waals surface area contributed by atoms with Crippen LogP contribution >= 0.6 is 0 Å². The van der Waals surface area contributed by atoms with Crippen molar-refractivity contribution in [2.24, 2.45) is 10.8 Å². The van der Waals surface area contributed by atoms with Crippen LogP contribution in [0.4, 0.5) is 0 Å². The zero-order valence-corrected chi connectivity index (χ0v) is 19.6. The average molecular weight is 398 g/mol. The summed E-state index contributed by atoms with van der Waals surface area (Å²) < 4.78 is 11.6. The minimum Gasteiger partial charge on any atom is -0.380 e. The van der Waals surface area contributed by atoms with E-state index in [-0.39, 0.29) is 5.54 Å². The molecular formula is C23H47N3O2. The molecule has 0 bridgehead atoms. The van der Waals surface area contributed by atoms with Gasteiger partial charge in [-0.2, -0.15) is 0 Å². The number of ether oxygens (including phenoxy) is 2. The van der Waals surface area contributed by atoms with Gasteiger partial charge in [0, 0.05) is 63.4 Å². The summed E-state index contributed by atoms with van der Waals surface area (Å²) in [5.41, 5.74) is 1.22. The molecule has 0 amide bonds. The summed E-state index contributed by atoms with van der Waals surface area (Å²) in [6, 6.07) is 0. The Morgan fingerprint density at radius 2 is 1.29 bits per heavy atom. The van der Waals surface area contributed by atoms with Gasteiger partial charge in [0.15, 0.2) is 0 Å². The van der Waals surface area contributed by atoms with Gasteiger partial charge in [0.05, 0.1) is 19.8 Å². The Bertz CT molecular complexity index is 428. The van der Waals surface area contributed by atoms with E-state index in [1.165, 1.54) is 45.4 Å². The van der Waals surface area contributed by atoms with Crippen LogP contribution in [0.1, 0.15) is 60.8 Å². The SMILES string of the molecule is CC(C)(C)CCCCOCCN1CC2(C1)CN(CCOCCNC(C)(C)C)C2. The van der Waals surface area contributed by atoms with E-state index >= 15 is 0 Å². The molecule has 0 unspecified atom stereocenters. The molecule has 0 aliphatic carbocycles. The quantitative estimate of drug-likeness (QED) is 0.483. The summed E-state index contributed by atoms with van der Waals surface area (Å²) in [5, 5.41) is 3.46. The van der Waals surface area contributed by atoms with Crippen molar-refractivity contribution in [3.8, 4) is 0 Å². The standard InChI is InChI=1S/C23H47N3O2/c1-21(2,3)9-7-8-13-27-15-11-25-17-23(18-25)19-26(20-23)12-16-28-14-10-24-22(4,5)6/h24H,7-20H2,1-6H3.